The molecule has 1 amide bonds. The lowest BCUT2D eigenvalue weighted by atomic mass is 9.95. The Bertz CT molecular complexity index is 1070. The molecule has 0 bridgehead atoms. The molecule has 0 radical (unpaired) electrons. The van der Waals surface area contributed by atoms with Gasteiger partial charge in [0.2, 0.25) is 0 Å². The van der Waals surface area contributed by atoms with Gasteiger partial charge in [-0.05, 0) is 42.4 Å². The monoisotopic (exact) mass is 449 g/mol. The molecule has 0 unspecified atom stereocenters. The van der Waals surface area contributed by atoms with E-state index in [-0.39, 0.29) is 11.3 Å². The van der Waals surface area contributed by atoms with Crippen LogP contribution in [0.1, 0.15) is 31.0 Å². The van der Waals surface area contributed by atoms with Gasteiger partial charge in [-0.25, -0.2) is 0 Å². The van der Waals surface area contributed by atoms with Gasteiger partial charge < -0.3 is 14.9 Å². The summed E-state index contributed by atoms with van der Waals surface area (Å²) in [6, 6.07) is 14.1. The third-order valence-electron chi connectivity index (χ3n) is 5.77. The van der Waals surface area contributed by atoms with Crippen LogP contribution in [0.5, 0.6) is 0 Å². The lowest BCUT2D eigenvalue weighted by molar-refractivity contribution is -0.384. The number of likely N-dealkylation sites (N-methyl/N-ethyl adjacent to an activating group) is 1. The molecule has 0 fully saturated rings. The SMILES string of the molecule is CCN(CC)CCN1C(=O)C(O)=C(C(=O)/C=C/c2ccccc2)[C@H]1c1ccc([N+](=O)[O-])cc1. The third kappa shape index (κ3) is 5.35. The van der Waals surface area contributed by atoms with Crippen LogP contribution in [0.4, 0.5) is 5.69 Å². The molecule has 1 aliphatic rings. The number of ketones is 1. The minimum absolute atomic E-state index is 0.0272. The Labute approximate surface area is 192 Å². The van der Waals surface area contributed by atoms with Crippen LogP contribution in [0, 0.1) is 10.1 Å². The zero-order valence-electron chi connectivity index (χ0n) is 18.7. The van der Waals surface area contributed by atoms with Crippen molar-refractivity contribution in [2.45, 2.75) is 19.9 Å². The van der Waals surface area contributed by atoms with Gasteiger partial charge in [0, 0.05) is 25.2 Å². The number of nitrogens with zero attached hydrogens (tertiary/aromatic N) is 3. The molecule has 0 aliphatic carbocycles. The van der Waals surface area contributed by atoms with Crippen LogP contribution in [-0.2, 0) is 9.59 Å². The molecule has 0 aromatic heterocycles. The standard InChI is InChI=1S/C25H27N3O5/c1-3-26(4-2)16-17-27-23(19-11-13-20(14-12-19)28(32)33)22(24(30)25(27)31)21(29)15-10-18-8-6-5-7-9-18/h5-15,23,30H,3-4,16-17H2,1-2H3/b15-10+/t23-/m1/s1. The van der Waals surface area contributed by atoms with E-state index in [1.807, 2.05) is 44.2 Å². The number of nitro benzene ring substituents is 1. The van der Waals surface area contributed by atoms with Crippen molar-refractivity contribution in [3.05, 3.63) is 93.2 Å². The lowest BCUT2D eigenvalue weighted by Crippen LogP contribution is -2.38. The second-order valence-corrected chi connectivity index (χ2v) is 7.65. The number of nitro groups is 1. The zero-order chi connectivity index (χ0) is 24.0. The fourth-order valence-corrected chi connectivity index (χ4v) is 3.88. The Hall–Kier alpha value is -3.78. The Balaban J connectivity index is 1.97. The number of non-ortho nitro benzene ring substituents is 1. The lowest BCUT2D eigenvalue weighted by Gasteiger charge is -2.29. The second kappa shape index (κ2) is 10.7. The van der Waals surface area contributed by atoms with Gasteiger partial charge in [-0.2, -0.15) is 0 Å². The van der Waals surface area contributed by atoms with Crippen LogP contribution in [0.3, 0.4) is 0 Å². The smallest absolute Gasteiger partial charge is 0.290 e. The van der Waals surface area contributed by atoms with Gasteiger partial charge >= 0.3 is 0 Å². The summed E-state index contributed by atoms with van der Waals surface area (Å²) >= 11 is 0. The van der Waals surface area contributed by atoms with Crippen molar-refractivity contribution in [2.75, 3.05) is 26.2 Å². The molecule has 1 N–H and O–H groups in total. The highest BCUT2D eigenvalue weighted by atomic mass is 16.6. The van der Waals surface area contributed by atoms with Gasteiger partial charge in [0.25, 0.3) is 11.6 Å². The van der Waals surface area contributed by atoms with Gasteiger partial charge in [-0.15, -0.1) is 0 Å². The Kier molecular flexibility index (Phi) is 7.74. The molecule has 3 rings (SSSR count). The number of amides is 1. The van der Waals surface area contributed by atoms with Gasteiger partial charge in [0.1, 0.15) is 0 Å². The number of hydrogen-bond donors (Lipinski definition) is 1. The minimum atomic E-state index is -0.832. The summed E-state index contributed by atoms with van der Waals surface area (Å²) in [5, 5.41) is 21.7. The summed E-state index contributed by atoms with van der Waals surface area (Å²) in [6.45, 7) is 6.49. The maximum Gasteiger partial charge on any atom is 0.290 e. The predicted octanol–water partition coefficient (Wildman–Crippen LogP) is 3.91. The van der Waals surface area contributed by atoms with Crippen molar-refractivity contribution in [3.8, 4) is 0 Å². The van der Waals surface area contributed by atoms with E-state index in [0.717, 1.165) is 18.7 Å². The van der Waals surface area contributed by atoms with E-state index >= 15 is 0 Å². The fourth-order valence-electron chi connectivity index (χ4n) is 3.88. The number of aliphatic hydroxyl groups is 1. The van der Waals surface area contributed by atoms with E-state index in [4.69, 9.17) is 0 Å². The van der Waals surface area contributed by atoms with Gasteiger partial charge in [0.05, 0.1) is 16.5 Å². The summed E-state index contributed by atoms with van der Waals surface area (Å²) < 4.78 is 0. The number of aliphatic hydroxyl groups excluding tert-OH is 1. The van der Waals surface area contributed by atoms with Crippen LogP contribution in [0.25, 0.3) is 6.08 Å². The molecule has 8 nitrogen and oxygen atoms in total. The van der Waals surface area contributed by atoms with Crippen molar-refractivity contribution in [1.29, 1.82) is 0 Å². The van der Waals surface area contributed by atoms with Crippen LogP contribution in [0.15, 0.2) is 72.0 Å². The molecule has 2 aromatic rings. The maximum absolute atomic E-state index is 13.1. The molecule has 0 saturated carbocycles. The molecule has 33 heavy (non-hydrogen) atoms. The summed E-state index contributed by atoms with van der Waals surface area (Å²) in [4.78, 5) is 40.2. The summed E-state index contributed by atoms with van der Waals surface area (Å²) in [6.07, 6.45) is 2.96. The molecule has 0 saturated heterocycles. The molecule has 1 heterocycles. The fraction of sp³-hybridized carbons (Fsp3) is 0.280. The topological polar surface area (TPSA) is 104 Å². The van der Waals surface area contributed by atoms with Crippen LogP contribution in [0.2, 0.25) is 0 Å². The third-order valence-corrected chi connectivity index (χ3v) is 5.77. The zero-order valence-corrected chi connectivity index (χ0v) is 18.7. The number of benzene rings is 2. The predicted molar refractivity (Wildman–Crippen MR) is 125 cm³/mol. The van der Waals surface area contributed by atoms with E-state index in [2.05, 4.69) is 4.90 Å². The average molecular weight is 450 g/mol. The van der Waals surface area contributed by atoms with Gasteiger partial charge in [-0.3, -0.25) is 19.7 Å². The first-order chi connectivity index (χ1) is 15.9. The Morgan fingerprint density at radius 1 is 1.12 bits per heavy atom. The molecular formula is C25H27N3O5. The summed E-state index contributed by atoms with van der Waals surface area (Å²) in [7, 11) is 0. The number of allylic oxidation sites excluding steroid dienone is 1. The second-order valence-electron chi connectivity index (χ2n) is 7.65. The first-order valence-electron chi connectivity index (χ1n) is 10.9. The molecular weight excluding hydrogens is 422 g/mol. The number of carbonyl (C=O) groups excluding carboxylic acids is 2. The van der Waals surface area contributed by atoms with Crippen molar-refractivity contribution in [3.63, 3.8) is 0 Å². The highest BCUT2D eigenvalue weighted by Crippen LogP contribution is 2.38. The van der Waals surface area contributed by atoms with E-state index in [9.17, 15) is 24.8 Å². The first-order valence-corrected chi connectivity index (χ1v) is 10.9. The molecule has 0 spiro atoms. The van der Waals surface area contributed by atoms with Crippen LogP contribution >= 0.6 is 0 Å². The number of carbonyl (C=O) groups is 2. The molecule has 172 valence electrons. The highest BCUT2D eigenvalue weighted by molar-refractivity contribution is 6.14. The maximum atomic E-state index is 13.1. The van der Waals surface area contributed by atoms with Crippen LogP contribution in [-0.4, -0.2) is 57.7 Å². The van der Waals surface area contributed by atoms with E-state index < -0.39 is 28.4 Å². The summed E-state index contributed by atoms with van der Waals surface area (Å²) in [5.74, 6) is -1.69. The van der Waals surface area contributed by atoms with Crippen molar-refractivity contribution >= 4 is 23.5 Å². The number of rotatable bonds is 10. The van der Waals surface area contributed by atoms with Crippen LogP contribution < -0.4 is 0 Å². The molecule has 2 aromatic carbocycles. The van der Waals surface area contributed by atoms with E-state index in [0.29, 0.717) is 18.7 Å². The minimum Gasteiger partial charge on any atom is -0.503 e. The molecule has 1 atom stereocenters. The van der Waals surface area contributed by atoms with E-state index in [1.165, 1.54) is 35.2 Å². The highest BCUT2D eigenvalue weighted by Gasteiger charge is 2.42. The summed E-state index contributed by atoms with van der Waals surface area (Å²) in [5.41, 5.74) is 1.21. The van der Waals surface area contributed by atoms with Crippen molar-refractivity contribution in [1.82, 2.24) is 9.80 Å². The molecule has 8 heteroatoms. The first kappa shape index (κ1) is 23.9. The van der Waals surface area contributed by atoms with Gasteiger partial charge in [-0.1, -0.05) is 50.3 Å². The van der Waals surface area contributed by atoms with E-state index in [1.54, 1.807) is 6.08 Å². The molecule has 1 aliphatic heterocycles. The van der Waals surface area contributed by atoms with Crippen molar-refractivity contribution < 1.29 is 19.6 Å². The average Bonchev–Trinajstić information content (AvgIpc) is 3.09. The Morgan fingerprint density at radius 3 is 2.33 bits per heavy atom. The Morgan fingerprint density at radius 2 is 1.76 bits per heavy atom. The van der Waals surface area contributed by atoms with Crippen molar-refractivity contribution in [2.24, 2.45) is 0 Å². The largest absolute Gasteiger partial charge is 0.503 e. The van der Waals surface area contributed by atoms with Gasteiger partial charge in [0.15, 0.2) is 11.5 Å². The normalized spacial score (nSPS) is 16.3. The quantitative estimate of drug-likeness (QED) is 0.335. The number of hydrogen-bond acceptors (Lipinski definition) is 6.